The van der Waals surface area contributed by atoms with E-state index in [1.54, 1.807) is 0 Å². The minimum atomic E-state index is 0.270. The number of para-hydroxylation sites is 2. The van der Waals surface area contributed by atoms with E-state index in [9.17, 15) is 0 Å². The van der Waals surface area contributed by atoms with E-state index < -0.39 is 0 Å². The highest BCUT2D eigenvalue weighted by atomic mass is 16.5. The molecule has 3 aromatic rings. The number of rotatable bonds is 3. The summed E-state index contributed by atoms with van der Waals surface area (Å²) >= 11 is 0. The molecule has 0 N–H and O–H groups in total. The fourth-order valence-corrected chi connectivity index (χ4v) is 4.67. The van der Waals surface area contributed by atoms with Gasteiger partial charge in [0.05, 0.1) is 36.5 Å². The maximum absolute atomic E-state index is 6.02. The molecule has 0 amide bonds. The summed E-state index contributed by atoms with van der Waals surface area (Å²) in [6.07, 6.45) is 2.76. The Balaban J connectivity index is 1.47. The van der Waals surface area contributed by atoms with Crippen LogP contribution in [-0.2, 0) is 9.47 Å². The summed E-state index contributed by atoms with van der Waals surface area (Å²) in [5.41, 5.74) is 1.94. The largest absolute Gasteiger partial charge is 0.378 e. The number of morpholine rings is 2. The first-order valence-electron chi connectivity index (χ1n) is 10.7. The highest BCUT2D eigenvalue weighted by molar-refractivity contribution is 5.77. The van der Waals surface area contributed by atoms with Crippen LogP contribution in [0.25, 0.3) is 17.0 Å². The normalized spacial score (nSPS) is 24.0. The van der Waals surface area contributed by atoms with Crippen LogP contribution < -0.4 is 9.80 Å². The van der Waals surface area contributed by atoms with Crippen LogP contribution in [0.4, 0.5) is 11.9 Å². The Morgan fingerprint density at radius 3 is 2.27 bits per heavy atom. The van der Waals surface area contributed by atoms with Crippen molar-refractivity contribution < 1.29 is 9.47 Å². The molecule has 1 aromatic carbocycles. The number of benzene rings is 1. The zero-order chi connectivity index (χ0) is 20.1. The van der Waals surface area contributed by atoms with E-state index >= 15 is 0 Å². The molecule has 0 aliphatic carbocycles. The molecule has 3 fully saturated rings. The highest BCUT2D eigenvalue weighted by Crippen LogP contribution is 2.30. The Bertz CT molecular complexity index is 1070. The number of fused-ring (bicyclic) bond motifs is 3. The summed E-state index contributed by atoms with van der Waals surface area (Å²) in [5, 5.41) is 0. The SMILES string of the molecule is Cc1nc2ccccc2n1-c1nc(N2CCOCC2)nc(N2CC3CCC(C2)O3)n1. The van der Waals surface area contributed by atoms with Crippen molar-refractivity contribution in [2.75, 3.05) is 49.2 Å². The van der Waals surface area contributed by atoms with Gasteiger partial charge < -0.3 is 19.3 Å². The predicted molar refractivity (Wildman–Crippen MR) is 112 cm³/mol. The third kappa shape index (κ3) is 3.09. The van der Waals surface area contributed by atoms with Crippen LogP contribution in [0.1, 0.15) is 18.7 Å². The number of nitrogens with zero attached hydrogens (tertiary/aromatic N) is 7. The van der Waals surface area contributed by atoms with Gasteiger partial charge >= 0.3 is 0 Å². The van der Waals surface area contributed by atoms with E-state index in [-0.39, 0.29) is 12.2 Å². The first-order valence-corrected chi connectivity index (χ1v) is 10.7. The molecule has 9 nitrogen and oxygen atoms in total. The van der Waals surface area contributed by atoms with Crippen LogP contribution in [-0.4, -0.2) is 76.1 Å². The molecule has 156 valence electrons. The van der Waals surface area contributed by atoms with Crippen molar-refractivity contribution in [1.82, 2.24) is 24.5 Å². The zero-order valence-corrected chi connectivity index (χ0v) is 17.1. The second-order valence-electron chi connectivity index (χ2n) is 8.18. The highest BCUT2D eigenvalue weighted by Gasteiger charge is 2.35. The van der Waals surface area contributed by atoms with Gasteiger partial charge in [0.25, 0.3) is 0 Å². The van der Waals surface area contributed by atoms with E-state index in [0.717, 1.165) is 61.8 Å². The van der Waals surface area contributed by atoms with E-state index in [0.29, 0.717) is 25.1 Å². The van der Waals surface area contributed by atoms with Crippen molar-refractivity contribution in [3.05, 3.63) is 30.1 Å². The maximum atomic E-state index is 6.02. The summed E-state index contributed by atoms with van der Waals surface area (Å²) in [5.74, 6) is 2.91. The molecule has 0 saturated carbocycles. The molecule has 6 rings (SSSR count). The average molecular weight is 407 g/mol. The van der Waals surface area contributed by atoms with Crippen LogP contribution in [0.3, 0.4) is 0 Å². The molecular formula is C21H25N7O2. The molecule has 3 aliphatic rings. The average Bonchev–Trinajstić information content (AvgIpc) is 3.31. The lowest BCUT2D eigenvalue weighted by Gasteiger charge is -2.33. The molecule has 3 saturated heterocycles. The fourth-order valence-electron chi connectivity index (χ4n) is 4.67. The Morgan fingerprint density at radius 1 is 0.833 bits per heavy atom. The molecule has 3 aliphatic heterocycles. The number of hydrogen-bond acceptors (Lipinski definition) is 8. The number of aromatic nitrogens is 5. The van der Waals surface area contributed by atoms with E-state index in [4.69, 9.17) is 29.4 Å². The molecule has 9 heteroatoms. The summed E-state index contributed by atoms with van der Waals surface area (Å²) in [6.45, 7) is 6.57. The van der Waals surface area contributed by atoms with Crippen molar-refractivity contribution in [3.8, 4) is 5.95 Å². The lowest BCUT2D eigenvalue weighted by Crippen LogP contribution is -2.44. The summed E-state index contributed by atoms with van der Waals surface area (Å²) in [4.78, 5) is 23.8. The number of aryl methyl sites for hydroxylation is 1. The summed E-state index contributed by atoms with van der Waals surface area (Å²) < 4.78 is 13.6. The van der Waals surface area contributed by atoms with E-state index in [1.165, 1.54) is 0 Å². The number of imidazole rings is 1. The Hall–Kier alpha value is -2.78. The second-order valence-corrected chi connectivity index (χ2v) is 8.18. The van der Waals surface area contributed by atoms with Crippen molar-refractivity contribution in [2.24, 2.45) is 0 Å². The van der Waals surface area contributed by atoms with Crippen molar-refractivity contribution >= 4 is 22.9 Å². The van der Waals surface area contributed by atoms with Crippen LogP contribution in [0.5, 0.6) is 0 Å². The number of anilines is 2. The monoisotopic (exact) mass is 407 g/mol. The minimum Gasteiger partial charge on any atom is -0.378 e. The van der Waals surface area contributed by atoms with Gasteiger partial charge in [-0.2, -0.15) is 15.0 Å². The standard InChI is InChI=1S/C21H25N7O2/c1-14-22-17-4-2-3-5-18(17)28(14)21-24-19(26-8-10-29-11-9-26)23-20(25-21)27-12-15-6-7-16(13-27)30-15/h2-5,15-16H,6-13H2,1H3. The molecule has 2 atom stereocenters. The fraction of sp³-hybridized carbons (Fsp3) is 0.524. The predicted octanol–water partition coefficient (Wildman–Crippen LogP) is 1.72. The third-order valence-corrected chi connectivity index (χ3v) is 6.15. The molecule has 30 heavy (non-hydrogen) atoms. The Morgan fingerprint density at radius 2 is 1.50 bits per heavy atom. The van der Waals surface area contributed by atoms with E-state index in [1.807, 2.05) is 29.7 Å². The lowest BCUT2D eigenvalue weighted by molar-refractivity contribution is 0.0299. The first-order chi connectivity index (χ1) is 14.7. The summed E-state index contributed by atoms with van der Waals surface area (Å²) in [6, 6.07) is 8.09. The molecule has 2 unspecified atom stereocenters. The second kappa shape index (κ2) is 7.17. The molecule has 0 radical (unpaired) electrons. The van der Waals surface area contributed by atoms with Gasteiger partial charge in [-0.05, 0) is 31.9 Å². The van der Waals surface area contributed by atoms with Crippen LogP contribution in [0.15, 0.2) is 24.3 Å². The van der Waals surface area contributed by atoms with Gasteiger partial charge in [-0.1, -0.05) is 12.1 Å². The van der Waals surface area contributed by atoms with Gasteiger partial charge in [0.1, 0.15) is 5.82 Å². The topological polar surface area (TPSA) is 81.4 Å². The third-order valence-electron chi connectivity index (χ3n) is 6.15. The zero-order valence-electron chi connectivity index (χ0n) is 17.1. The van der Waals surface area contributed by atoms with E-state index in [2.05, 4.69) is 15.9 Å². The first kappa shape index (κ1) is 18.0. The van der Waals surface area contributed by atoms with Gasteiger partial charge in [0.15, 0.2) is 0 Å². The molecule has 2 bridgehead atoms. The Kier molecular flexibility index (Phi) is 4.31. The van der Waals surface area contributed by atoms with Gasteiger partial charge in [-0.15, -0.1) is 0 Å². The molecule has 0 spiro atoms. The van der Waals surface area contributed by atoms with Gasteiger partial charge in [0.2, 0.25) is 17.8 Å². The Labute approximate surface area is 174 Å². The van der Waals surface area contributed by atoms with Crippen LogP contribution >= 0.6 is 0 Å². The molecular weight excluding hydrogens is 382 g/mol. The van der Waals surface area contributed by atoms with Gasteiger partial charge in [-0.25, -0.2) is 4.98 Å². The summed E-state index contributed by atoms with van der Waals surface area (Å²) in [7, 11) is 0. The molecule has 5 heterocycles. The number of ether oxygens (including phenoxy) is 2. The van der Waals surface area contributed by atoms with Crippen molar-refractivity contribution in [2.45, 2.75) is 32.0 Å². The van der Waals surface area contributed by atoms with Crippen molar-refractivity contribution in [3.63, 3.8) is 0 Å². The van der Waals surface area contributed by atoms with Gasteiger partial charge in [0, 0.05) is 26.2 Å². The van der Waals surface area contributed by atoms with Gasteiger partial charge in [-0.3, -0.25) is 4.57 Å². The lowest BCUT2D eigenvalue weighted by atomic mass is 10.2. The molecule has 2 aromatic heterocycles. The minimum absolute atomic E-state index is 0.270. The smallest absolute Gasteiger partial charge is 0.242 e. The van der Waals surface area contributed by atoms with Crippen LogP contribution in [0.2, 0.25) is 0 Å². The quantitative estimate of drug-likeness (QED) is 0.649. The van der Waals surface area contributed by atoms with Crippen molar-refractivity contribution in [1.29, 1.82) is 0 Å². The number of hydrogen-bond donors (Lipinski definition) is 0. The van der Waals surface area contributed by atoms with Crippen LogP contribution in [0, 0.1) is 6.92 Å². The maximum Gasteiger partial charge on any atom is 0.242 e.